The molecular formula is C13H12N2O6S. The third-order valence-electron chi connectivity index (χ3n) is 3.67. The molecule has 22 heavy (non-hydrogen) atoms. The Kier molecular flexibility index (Phi) is 2.88. The molecule has 0 fully saturated rings. The number of ether oxygens (including phenoxy) is 1. The van der Waals surface area contributed by atoms with Gasteiger partial charge in [-0.15, -0.1) is 0 Å². The summed E-state index contributed by atoms with van der Waals surface area (Å²) >= 11 is 0. The molecule has 9 heteroatoms. The van der Waals surface area contributed by atoms with E-state index in [1.165, 1.54) is 6.39 Å². The number of benzene rings is 1. The lowest BCUT2D eigenvalue weighted by atomic mass is 9.90. The van der Waals surface area contributed by atoms with E-state index in [1.54, 1.807) is 12.1 Å². The molecule has 0 N–H and O–H groups in total. The summed E-state index contributed by atoms with van der Waals surface area (Å²) in [5, 5.41) is 4.08. The molecule has 1 aromatic carbocycles. The molecule has 0 aliphatic carbocycles. The van der Waals surface area contributed by atoms with E-state index in [1.807, 2.05) is 0 Å². The van der Waals surface area contributed by atoms with Crippen molar-refractivity contribution in [2.45, 2.75) is 6.10 Å². The first-order chi connectivity index (χ1) is 10.5. The van der Waals surface area contributed by atoms with Crippen LogP contribution < -0.4 is 4.74 Å². The van der Waals surface area contributed by atoms with Gasteiger partial charge in [0.2, 0.25) is 0 Å². The van der Waals surface area contributed by atoms with Gasteiger partial charge in [0.15, 0.2) is 18.1 Å². The van der Waals surface area contributed by atoms with Crippen molar-refractivity contribution in [2.75, 3.05) is 19.5 Å². The summed E-state index contributed by atoms with van der Waals surface area (Å²) in [5.74, 6) is 0.428. The summed E-state index contributed by atoms with van der Waals surface area (Å²) in [6.07, 6.45) is 1.83. The van der Waals surface area contributed by atoms with Crippen LogP contribution in [0.15, 0.2) is 28.1 Å². The second kappa shape index (κ2) is 4.68. The highest BCUT2D eigenvalue weighted by Crippen LogP contribution is 2.38. The topological polar surface area (TPSA) is 100 Å². The second-order valence-electron chi connectivity index (χ2n) is 5.17. The molecule has 0 bridgehead atoms. The molecule has 3 heterocycles. The fraction of sp³-hybridized carbons (Fsp3) is 0.385. The molecule has 4 rings (SSSR count). The van der Waals surface area contributed by atoms with Crippen LogP contribution >= 0.6 is 0 Å². The molecule has 0 saturated heterocycles. The number of oxazole rings is 1. The number of fused-ring (bicyclic) bond motifs is 5. The minimum absolute atomic E-state index is 0.110. The summed E-state index contributed by atoms with van der Waals surface area (Å²) < 4.78 is 38.2. The molecule has 0 amide bonds. The lowest BCUT2D eigenvalue weighted by molar-refractivity contribution is 0.0175. The van der Waals surface area contributed by atoms with E-state index < -0.39 is 16.2 Å². The number of aromatic nitrogens is 1. The van der Waals surface area contributed by atoms with Gasteiger partial charge in [0.1, 0.15) is 30.2 Å². The molecule has 116 valence electrons. The average molecular weight is 324 g/mol. The Labute approximate surface area is 125 Å². The van der Waals surface area contributed by atoms with E-state index in [-0.39, 0.29) is 12.5 Å². The summed E-state index contributed by atoms with van der Waals surface area (Å²) in [6.45, 7) is 0.227. The Balaban J connectivity index is 1.68. The number of hydrogen-bond acceptors (Lipinski definition) is 8. The smallest absolute Gasteiger partial charge is 0.264 e. The average Bonchev–Trinajstić information content (AvgIpc) is 3.10. The first-order valence-corrected chi connectivity index (χ1v) is 8.42. The Bertz CT molecular complexity index is 872. The van der Waals surface area contributed by atoms with Gasteiger partial charge in [-0.3, -0.25) is 4.18 Å². The molecule has 0 radical (unpaired) electrons. The standard InChI is InChI=1S/C13H12N2O6S/c1-22(16,17)20-5-10-7-4-18-9-3-2-8-13(19-6-14-8)11(9)12(7)15-21-10/h2-3,6-7,10H,4-5H2,1H3/t7?,10-/m0/s1. The van der Waals surface area contributed by atoms with Crippen LogP contribution in [-0.2, 0) is 19.1 Å². The van der Waals surface area contributed by atoms with Crippen LogP contribution in [0, 0.1) is 5.92 Å². The van der Waals surface area contributed by atoms with Crippen molar-refractivity contribution in [2.24, 2.45) is 11.1 Å². The van der Waals surface area contributed by atoms with Crippen molar-refractivity contribution >= 4 is 26.9 Å². The second-order valence-corrected chi connectivity index (χ2v) is 6.81. The van der Waals surface area contributed by atoms with Gasteiger partial charge in [0, 0.05) is 0 Å². The van der Waals surface area contributed by atoms with E-state index in [2.05, 4.69) is 10.1 Å². The summed E-state index contributed by atoms with van der Waals surface area (Å²) in [5.41, 5.74) is 2.65. The highest BCUT2D eigenvalue weighted by atomic mass is 32.2. The van der Waals surface area contributed by atoms with Crippen LogP contribution in [0.2, 0.25) is 0 Å². The Morgan fingerprint density at radius 2 is 2.27 bits per heavy atom. The van der Waals surface area contributed by atoms with Crippen LogP contribution in [0.4, 0.5) is 0 Å². The first-order valence-electron chi connectivity index (χ1n) is 6.60. The SMILES string of the molecule is CS(=O)(=O)OC[C@@H]1ON=C2c3c(ccc4ncoc34)OCC21. The van der Waals surface area contributed by atoms with Gasteiger partial charge in [-0.25, -0.2) is 4.98 Å². The van der Waals surface area contributed by atoms with Gasteiger partial charge in [-0.05, 0) is 12.1 Å². The van der Waals surface area contributed by atoms with Crippen LogP contribution in [-0.4, -0.2) is 44.7 Å². The quantitative estimate of drug-likeness (QED) is 0.774. The molecular weight excluding hydrogens is 312 g/mol. The van der Waals surface area contributed by atoms with Crippen molar-refractivity contribution in [1.29, 1.82) is 0 Å². The first kappa shape index (κ1) is 13.5. The highest BCUT2D eigenvalue weighted by Gasteiger charge is 2.42. The van der Waals surface area contributed by atoms with Gasteiger partial charge < -0.3 is 14.0 Å². The van der Waals surface area contributed by atoms with E-state index in [9.17, 15) is 8.42 Å². The number of rotatable bonds is 3. The summed E-state index contributed by atoms with van der Waals surface area (Å²) in [7, 11) is -3.54. The van der Waals surface area contributed by atoms with Gasteiger partial charge in [-0.1, -0.05) is 5.16 Å². The van der Waals surface area contributed by atoms with E-state index in [0.717, 1.165) is 6.26 Å². The predicted molar refractivity (Wildman–Crippen MR) is 75.2 cm³/mol. The maximum absolute atomic E-state index is 11.1. The van der Waals surface area contributed by atoms with Crippen LogP contribution in [0.5, 0.6) is 5.75 Å². The van der Waals surface area contributed by atoms with Crippen LogP contribution in [0.1, 0.15) is 5.56 Å². The lowest BCUT2D eigenvalue weighted by Gasteiger charge is -2.24. The molecule has 2 aliphatic heterocycles. The van der Waals surface area contributed by atoms with Crippen molar-refractivity contribution in [1.82, 2.24) is 4.98 Å². The molecule has 0 spiro atoms. The van der Waals surface area contributed by atoms with Crippen molar-refractivity contribution in [3.8, 4) is 5.75 Å². The van der Waals surface area contributed by atoms with Gasteiger partial charge in [-0.2, -0.15) is 8.42 Å². The summed E-state index contributed by atoms with van der Waals surface area (Å²) in [6, 6.07) is 3.61. The minimum atomic E-state index is -3.54. The fourth-order valence-electron chi connectivity index (χ4n) is 2.65. The zero-order valence-electron chi connectivity index (χ0n) is 11.6. The predicted octanol–water partition coefficient (Wildman–Crippen LogP) is 0.915. The monoisotopic (exact) mass is 324 g/mol. The van der Waals surface area contributed by atoms with E-state index >= 15 is 0 Å². The van der Waals surface area contributed by atoms with E-state index in [4.69, 9.17) is 18.2 Å². The molecule has 2 aliphatic rings. The van der Waals surface area contributed by atoms with Crippen molar-refractivity contribution in [3.05, 3.63) is 24.1 Å². The zero-order chi connectivity index (χ0) is 15.3. The largest absolute Gasteiger partial charge is 0.492 e. The number of hydrogen-bond donors (Lipinski definition) is 0. The third kappa shape index (κ3) is 2.13. The Morgan fingerprint density at radius 1 is 1.41 bits per heavy atom. The van der Waals surface area contributed by atoms with Gasteiger partial charge >= 0.3 is 0 Å². The minimum Gasteiger partial charge on any atom is -0.492 e. The van der Waals surface area contributed by atoms with Crippen molar-refractivity contribution in [3.63, 3.8) is 0 Å². The maximum Gasteiger partial charge on any atom is 0.264 e. The zero-order valence-corrected chi connectivity index (χ0v) is 12.4. The van der Waals surface area contributed by atoms with E-state index in [0.29, 0.717) is 34.7 Å². The van der Waals surface area contributed by atoms with Crippen LogP contribution in [0.25, 0.3) is 11.1 Å². The molecule has 2 atom stereocenters. The maximum atomic E-state index is 11.1. The van der Waals surface area contributed by atoms with Crippen LogP contribution in [0.3, 0.4) is 0 Å². The number of oxime groups is 1. The normalized spacial score (nSPS) is 23.4. The number of nitrogens with zero attached hydrogens (tertiary/aromatic N) is 2. The molecule has 8 nitrogen and oxygen atoms in total. The summed E-state index contributed by atoms with van der Waals surface area (Å²) in [4.78, 5) is 9.44. The van der Waals surface area contributed by atoms with Gasteiger partial charge in [0.25, 0.3) is 10.1 Å². The fourth-order valence-corrected chi connectivity index (χ4v) is 3.03. The Hall–Kier alpha value is -2.13. The van der Waals surface area contributed by atoms with Gasteiger partial charge in [0.05, 0.1) is 17.7 Å². The van der Waals surface area contributed by atoms with Crippen molar-refractivity contribution < 1.29 is 26.6 Å². The molecule has 2 aromatic rings. The molecule has 0 saturated carbocycles. The third-order valence-corrected chi connectivity index (χ3v) is 4.23. The highest BCUT2D eigenvalue weighted by molar-refractivity contribution is 7.85. The lowest BCUT2D eigenvalue weighted by Crippen LogP contribution is -2.36. The Morgan fingerprint density at radius 3 is 3.09 bits per heavy atom. The molecule has 1 unspecified atom stereocenters. The molecule has 1 aromatic heterocycles.